The monoisotopic (exact) mass is 455 g/mol. The minimum Gasteiger partial charge on any atom is -0.497 e. The molecule has 0 unspecified atom stereocenters. The Labute approximate surface area is 197 Å². The lowest BCUT2D eigenvalue weighted by Gasteiger charge is -2.26. The third-order valence-electron chi connectivity index (χ3n) is 5.63. The summed E-state index contributed by atoms with van der Waals surface area (Å²) in [6.07, 6.45) is 11.1. The maximum Gasteiger partial charge on any atom is 0.124 e. The summed E-state index contributed by atoms with van der Waals surface area (Å²) in [6.45, 7) is 1.45. The van der Waals surface area contributed by atoms with Gasteiger partial charge in [0.1, 0.15) is 11.5 Å². The van der Waals surface area contributed by atoms with Crippen LogP contribution in [0.4, 0.5) is 11.4 Å². The van der Waals surface area contributed by atoms with Crippen molar-refractivity contribution in [1.29, 1.82) is 0 Å². The second-order valence-electron chi connectivity index (χ2n) is 7.85. The van der Waals surface area contributed by atoms with E-state index >= 15 is 0 Å². The highest BCUT2D eigenvalue weighted by molar-refractivity contribution is 5.82. The molecule has 0 saturated heterocycles. The first-order valence-corrected chi connectivity index (χ1v) is 10.8. The topological polar surface area (TPSA) is 83.1 Å². The van der Waals surface area contributed by atoms with Crippen molar-refractivity contribution in [3.63, 3.8) is 0 Å². The van der Waals surface area contributed by atoms with Crippen LogP contribution in [0.2, 0.25) is 0 Å². The molecule has 0 bridgehead atoms. The highest BCUT2D eigenvalue weighted by Crippen LogP contribution is 2.34. The van der Waals surface area contributed by atoms with Crippen molar-refractivity contribution >= 4 is 22.4 Å². The van der Waals surface area contributed by atoms with E-state index in [2.05, 4.69) is 32.1 Å². The molecule has 5 rings (SSSR count). The Bertz CT molecular complexity index is 1390. The average Bonchev–Trinajstić information content (AvgIpc) is 3.55. The quantitative estimate of drug-likeness (QED) is 0.349. The number of ether oxygens (including phenoxy) is 2. The number of benzene rings is 2. The number of methoxy groups -OCH3 is 2. The lowest BCUT2D eigenvalue weighted by molar-refractivity contribution is 0.394. The Kier molecular flexibility index (Phi) is 5.82. The fourth-order valence-electron chi connectivity index (χ4n) is 3.85. The first-order chi connectivity index (χ1) is 16.6. The molecule has 5 aromatic rings. The second kappa shape index (κ2) is 9.22. The Balaban J connectivity index is 1.57. The van der Waals surface area contributed by atoms with Gasteiger partial charge in [-0.15, -0.1) is 0 Å². The minimum absolute atomic E-state index is 0.702. The molecule has 0 radical (unpaired) electrons. The predicted octanol–water partition coefficient (Wildman–Crippen LogP) is 4.08. The van der Waals surface area contributed by atoms with Crippen molar-refractivity contribution in [3.05, 3.63) is 73.7 Å². The highest BCUT2D eigenvalue weighted by Gasteiger charge is 2.15. The van der Waals surface area contributed by atoms with Crippen molar-refractivity contribution in [2.75, 3.05) is 25.7 Å². The van der Waals surface area contributed by atoms with E-state index in [0.29, 0.717) is 6.54 Å². The summed E-state index contributed by atoms with van der Waals surface area (Å²) in [5, 5.41) is 4.25. The van der Waals surface area contributed by atoms with E-state index < -0.39 is 0 Å². The second-order valence-corrected chi connectivity index (χ2v) is 7.85. The molecule has 0 saturated carbocycles. The van der Waals surface area contributed by atoms with Gasteiger partial charge in [-0.25, -0.2) is 9.97 Å². The standard InChI is InChI=1S/C25H25N7O2/c1-30-16-18(14-28-30)25-15-27-23-5-4-19(12-24(23)29-25)32(9-8-31-7-6-26-17-31)20-10-21(33-2)13-22(11-20)34-3/h4-7,10-17H,8-9H2,1-3H3. The summed E-state index contributed by atoms with van der Waals surface area (Å²) < 4.78 is 14.8. The predicted molar refractivity (Wildman–Crippen MR) is 131 cm³/mol. The van der Waals surface area contributed by atoms with E-state index in [1.165, 1.54) is 0 Å². The molecule has 9 nitrogen and oxygen atoms in total. The van der Waals surface area contributed by atoms with Gasteiger partial charge in [-0.2, -0.15) is 5.10 Å². The normalized spacial score (nSPS) is 11.0. The van der Waals surface area contributed by atoms with Crippen LogP contribution >= 0.6 is 0 Å². The number of hydrogen-bond acceptors (Lipinski definition) is 7. The van der Waals surface area contributed by atoms with Crippen LogP contribution < -0.4 is 14.4 Å². The molecule has 0 amide bonds. The fourth-order valence-corrected chi connectivity index (χ4v) is 3.85. The number of aromatic nitrogens is 6. The zero-order valence-electron chi connectivity index (χ0n) is 19.3. The minimum atomic E-state index is 0.702. The van der Waals surface area contributed by atoms with Gasteiger partial charge in [0.05, 0.1) is 49.7 Å². The molecule has 2 aromatic carbocycles. The van der Waals surface area contributed by atoms with Crippen molar-refractivity contribution in [1.82, 2.24) is 29.3 Å². The van der Waals surface area contributed by atoms with Gasteiger partial charge in [0.15, 0.2) is 0 Å². The van der Waals surface area contributed by atoms with E-state index in [-0.39, 0.29) is 0 Å². The summed E-state index contributed by atoms with van der Waals surface area (Å²) in [5.41, 5.74) is 5.28. The first-order valence-electron chi connectivity index (χ1n) is 10.8. The molecular weight excluding hydrogens is 430 g/mol. The lowest BCUT2D eigenvalue weighted by Crippen LogP contribution is -2.22. The summed E-state index contributed by atoms with van der Waals surface area (Å²) in [5.74, 6) is 1.45. The summed E-state index contributed by atoms with van der Waals surface area (Å²) in [7, 11) is 5.19. The number of nitrogens with zero attached hydrogens (tertiary/aromatic N) is 7. The molecule has 34 heavy (non-hydrogen) atoms. The molecular formula is C25H25N7O2. The van der Waals surface area contributed by atoms with Crippen LogP contribution in [-0.2, 0) is 13.6 Å². The van der Waals surface area contributed by atoms with Crippen molar-refractivity contribution < 1.29 is 9.47 Å². The van der Waals surface area contributed by atoms with Gasteiger partial charge in [0.25, 0.3) is 0 Å². The first kappa shape index (κ1) is 21.4. The van der Waals surface area contributed by atoms with E-state index in [4.69, 9.17) is 14.5 Å². The van der Waals surface area contributed by atoms with Gasteiger partial charge in [-0.3, -0.25) is 9.67 Å². The highest BCUT2D eigenvalue weighted by atomic mass is 16.5. The van der Waals surface area contributed by atoms with Crippen LogP contribution in [0.25, 0.3) is 22.3 Å². The molecule has 0 aliphatic rings. The average molecular weight is 456 g/mol. The molecule has 9 heteroatoms. The molecule has 0 N–H and O–H groups in total. The molecule has 0 aliphatic carbocycles. The Hall–Kier alpha value is -4.40. The SMILES string of the molecule is COc1cc(OC)cc(N(CCn2ccnc2)c2ccc3ncc(-c4cnn(C)c4)nc3c2)c1. The molecule has 3 heterocycles. The van der Waals surface area contributed by atoms with Gasteiger partial charge in [-0.1, -0.05) is 0 Å². The van der Waals surface area contributed by atoms with Gasteiger partial charge in [0.2, 0.25) is 0 Å². The molecule has 0 spiro atoms. The lowest BCUT2D eigenvalue weighted by atomic mass is 10.2. The number of imidazole rings is 1. The smallest absolute Gasteiger partial charge is 0.124 e. The van der Waals surface area contributed by atoms with Crippen LogP contribution in [0.15, 0.2) is 73.7 Å². The zero-order valence-corrected chi connectivity index (χ0v) is 19.3. The summed E-state index contributed by atoms with van der Waals surface area (Å²) in [4.78, 5) is 15.8. The Morgan fingerprint density at radius 1 is 0.941 bits per heavy atom. The number of fused-ring (bicyclic) bond motifs is 1. The van der Waals surface area contributed by atoms with Gasteiger partial charge in [0, 0.05) is 73.9 Å². The number of hydrogen-bond donors (Lipinski definition) is 0. The van der Waals surface area contributed by atoms with Crippen LogP contribution in [0.3, 0.4) is 0 Å². The number of aryl methyl sites for hydroxylation is 1. The molecule has 172 valence electrons. The fraction of sp³-hybridized carbons (Fsp3) is 0.200. The third kappa shape index (κ3) is 4.40. The maximum atomic E-state index is 5.52. The zero-order chi connectivity index (χ0) is 23.5. The van der Waals surface area contributed by atoms with E-state index in [9.17, 15) is 0 Å². The van der Waals surface area contributed by atoms with Crippen LogP contribution in [0.5, 0.6) is 11.5 Å². The molecule has 3 aromatic heterocycles. The summed E-state index contributed by atoms with van der Waals surface area (Å²) >= 11 is 0. The van der Waals surface area contributed by atoms with E-state index in [0.717, 1.165) is 51.7 Å². The van der Waals surface area contributed by atoms with Crippen molar-refractivity contribution in [2.45, 2.75) is 6.54 Å². The molecule has 0 atom stereocenters. The number of rotatable bonds is 8. The van der Waals surface area contributed by atoms with Crippen LogP contribution in [-0.4, -0.2) is 50.1 Å². The maximum absolute atomic E-state index is 5.52. The van der Waals surface area contributed by atoms with Crippen molar-refractivity contribution in [3.8, 4) is 22.8 Å². The Morgan fingerprint density at radius 2 is 1.76 bits per heavy atom. The Morgan fingerprint density at radius 3 is 2.44 bits per heavy atom. The molecule has 0 aliphatic heterocycles. The van der Waals surface area contributed by atoms with E-state index in [1.54, 1.807) is 37.5 Å². The third-order valence-corrected chi connectivity index (χ3v) is 5.63. The van der Waals surface area contributed by atoms with Crippen molar-refractivity contribution in [2.24, 2.45) is 7.05 Å². The number of anilines is 2. The largest absolute Gasteiger partial charge is 0.497 e. The van der Waals surface area contributed by atoms with Crippen LogP contribution in [0, 0.1) is 0 Å². The van der Waals surface area contributed by atoms with Gasteiger partial charge < -0.3 is 18.9 Å². The van der Waals surface area contributed by atoms with Gasteiger partial charge in [-0.05, 0) is 18.2 Å². The molecule has 0 fully saturated rings. The van der Waals surface area contributed by atoms with E-state index in [1.807, 2.05) is 54.6 Å². The summed E-state index contributed by atoms with van der Waals surface area (Å²) in [6, 6.07) is 12.0. The van der Waals surface area contributed by atoms with Crippen LogP contribution in [0.1, 0.15) is 0 Å². The van der Waals surface area contributed by atoms with Gasteiger partial charge >= 0.3 is 0 Å².